The van der Waals surface area contributed by atoms with Crippen molar-refractivity contribution in [2.24, 2.45) is 7.05 Å². The molecule has 0 aliphatic rings. The minimum absolute atomic E-state index is 0.364. The van der Waals surface area contributed by atoms with Crippen LogP contribution in [0.2, 0.25) is 0 Å². The smallest absolute Gasteiger partial charge is 0.0547 e. The van der Waals surface area contributed by atoms with Gasteiger partial charge in [-0.05, 0) is 26.1 Å². The maximum atomic E-state index is 4.18. The summed E-state index contributed by atoms with van der Waals surface area (Å²) in [5.74, 6) is 0. The number of hydrogen-bond donors (Lipinski definition) is 1. The Balaban J connectivity index is 2.30. The van der Waals surface area contributed by atoms with Crippen molar-refractivity contribution in [3.05, 3.63) is 18.0 Å². The maximum Gasteiger partial charge on any atom is 0.0547 e. The first-order chi connectivity index (χ1) is 7.69. The molecule has 1 aromatic rings. The third kappa shape index (κ3) is 3.61. The second-order valence-corrected chi connectivity index (χ2v) is 4.08. The summed E-state index contributed by atoms with van der Waals surface area (Å²) >= 11 is 0. The Morgan fingerprint density at radius 1 is 1.44 bits per heavy atom. The summed E-state index contributed by atoms with van der Waals surface area (Å²) in [7, 11) is 1.98. The van der Waals surface area contributed by atoms with Crippen molar-refractivity contribution in [1.29, 1.82) is 0 Å². The van der Waals surface area contributed by atoms with Crippen LogP contribution in [0.5, 0.6) is 0 Å². The molecule has 0 aliphatic carbocycles. The Kier molecular flexibility index (Phi) is 5.49. The molecule has 92 valence electrons. The molecule has 0 saturated carbocycles. The lowest BCUT2D eigenvalue weighted by Gasteiger charge is -2.20. The molecule has 1 unspecified atom stereocenters. The van der Waals surface area contributed by atoms with Crippen LogP contribution in [-0.2, 0) is 7.05 Å². The molecule has 0 aromatic carbocycles. The van der Waals surface area contributed by atoms with E-state index in [1.807, 2.05) is 17.9 Å². The molecule has 4 nitrogen and oxygen atoms in total. The molecule has 0 bridgehead atoms. The normalized spacial score (nSPS) is 13.3. The van der Waals surface area contributed by atoms with Crippen molar-refractivity contribution in [3.8, 4) is 0 Å². The van der Waals surface area contributed by atoms with Crippen LogP contribution in [-0.4, -0.2) is 40.9 Å². The van der Waals surface area contributed by atoms with E-state index in [-0.39, 0.29) is 0 Å². The van der Waals surface area contributed by atoms with Crippen LogP contribution in [0.1, 0.15) is 32.5 Å². The quantitative estimate of drug-likeness (QED) is 0.760. The predicted octanol–water partition coefficient (Wildman–Crippen LogP) is 1.41. The fraction of sp³-hybridized carbons (Fsp3) is 0.750. The van der Waals surface area contributed by atoms with Crippen molar-refractivity contribution >= 4 is 0 Å². The van der Waals surface area contributed by atoms with E-state index < -0.39 is 0 Å². The third-order valence-electron chi connectivity index (χ3n) is 3.08. The second kappa shape index (κ2) is 6.66. The average molecular weight is 224 g/mol. The summed E-state index contributed by atoms with van der Waals surface area (Å²) < 4.78 is 1.93. The molecule has 1 heterocycles. The molecule has 0 radical (unpaired) electrons. The van der Waals surface area contributed by atoms with Crippen molar-refractivity contribution < 1.29 is 0 Å². The lowest BCUT2D eigenvalue weighted by atomic mass is 10.2. The molecule has 0 fully saturated rings. The minimum atomic E-state index is 0.364. The number of aryl methyl sites for hydroxylation is 1. The number of nitrogens with zero attached hydrogens (tertiary/aromatic N) is 3. The SMILES string of the molecule is CCN(CC)CCNC(C)c1ccnn1C. The molecule has 0 amide bonds. The summed E-state index contributed by atoms with van der Waals surface area (Å²) in [6, 6.07) is 2.43. The summed E-state index contributed by atoms with van der Waals surface area (Å²) in [4.78, 5) is 2.42. The van der Waals surface area contributed by atoms with Crippen LogP contribution in [0.3, 0.4) is 0 Å². The Bertz CT molecular complexity index is 291. The van der Waals surface area contributed by atoms with Crippen LogP contribution >= 0.6 is 0 Å². The Morgan fingerprint density at radius 2 is 2.12 bits per heavy atom. The lowest BCUT2D eigenvalue weighted by molar-refractivity contribution is 0.297. The van der Waals surface area contributed by atoms with Gasteiger partial charge in [0.05, 0.1) is 5.69 Å². The molecular formula is C12H24N4. The highest BCUT2D eigenvalue weighted by atomic mass is 15.3. The largest absolute Gasteiger partial charge is 0.308 e. The topological polar surface area (TPSA) is 33.1 Å². The first-order valence-corrected chi connectivity index (χ1v) is 6.12. The van der Waals surface area contributed by atoms with E-state index in [4.69, 9.17) is 0 Å². The van der Waals surface area contributed by atoms with Crippen LogP contribution in [0, 0.1) is 0 Å². The highest BCUT2D eigenvalue weighted by Gasteiger charge is 2.08. The Labute approximate surface area is 98.6 Å². The molecule has 1 rings (SSSR count). The Hall–Kier alpha value is -0.870. The number of rotatable bonds is 7. The number of aromatic nitrogens is 2. The lowest BCUT2D eigenvalue weighted by Crippen LogP contribution is -2.33. The van der Waals surface area contributed by atoms with Crippen LogP contribution in [0.25, 0.3) is 0 Å². The predicted molar refractivity (Wildman–Crippen MR) is 67.4 cm³/mol. The minimum Gasteiger partial charge on any atom is -0.308 e. The second-order valence-electron chi connectivity index (χ2n) is 4.08. The molecular weight excluding hydrogens is 200 g/mol. The first kappa shape index (κ1) is 13.2. The fourth-order valence-electron chi connectivity index (χ4n) is 1.89. The summed E-state index contributed by atoms with van der Waals surface area (Å²) in [5.41, 5.74) is 1.24. The molecule has 1 atom stereocenters. The van der Waals surface area contributed by atoms with Crippen LogP contribution < -0.4 is 5.32 Å². The third-order valence-corrected chi connectivity index (χ3v) is 3.08. The van der Waals surface area contributed by atoms with Gasteiger partial charge in [-0.2, -0.15) is 5.10 Å². The highest BCUT2D eigenvalue weighted by Crippen LogP contribution is 2.09. The first-order valence-electron chi connectivity index (χ1n) is 6.12. The average Bonchev–Trinajstić information content (AvgIpc) is 2.70. The zero-order valence-corrected chi connectivity index (χ0v) is 10.9. The van der Waals surface area contributed by atoms with Gasteiger partial charge < -0.3 is 10.2 Å². The number of nitrogens with one attached hydrogen (secondary N) is 1. The zero-order valence-electron chi connectivity index (χ0n) is 10.9. The van der Waals surface area contributed by atoms with Gasteiger partial charge in [0, 0.05) is 32.4 Å². The summed E-state index contributed by atoms with van der Waals surface area (Å²) in [6.07, 6.45) is 1.85. The molecule has 0 spiro atoms. The van der Waals surface area contributed by atoms with Gasteiger partial charge in [-0.3, -0.25) is 4.68 Å². The van der Waals surface area contributed by atoms with E-state index in [1.54, 1.807) is 0 Å². The van der Waals surface area contributed by atoms with E-state index in [1.165, 1.54) is 5.69 Å². The van der Waals surface area contributed by atoms with Gasteiger partial charge in [-0.1, -0.05) is 13.8 Å². The fourth-order valence-corrected chi connectivity index (χ4v) is 1.89. The van der Waals surface area contributed by atoms with Gasteiger partial charge in [-0.25, -0.2) is 0 Å². The van der Waals surface area contributed by atoms with Crippen molar-refractivity contribution in [2.75, 3.05) is 26.2 Å². The van der Waals surface area contributed by atoms with Gasteiger partial charge >= 0.3 is 0 Å². The molecule has 4 heteroatoms. The van der Waals surface area contributed by atoms with E-state index in [0.717, 1.165) is 26.2 Å². The van der Waals surface area contributed by atoms with E-state index in [0.29, 0.717) is 6.04 Å². The van der Waals surface area contributed by atoms with Crippen molar-refractivity contribution in [2.45, 2.75) is 26.8 Å². The van der Waals surface area contributed by atoms with Crippen LogP contribution in [0.4, 0.5) is 0 Å². The highest BCUT2D eigenvalue weighted by molar-refractivity contribution is 5.05. The zero-order chi connectivity index (χ0) is 12.0. The van der Waals surface area contributed by atoms with E-state index in [2.05, 4.69) is 42.2 Å². The standard InChI is InChI=1S/C12H24N4/c1-5-16(6-2)10-9-13-11(3)12-7-8-14-15(12)4/h7-8,11,13H,5-6,9-10H2,1-4H3. The molecule has 1 aromatic heterocycles. The van der Waals surface area contributed by atoms with Crippen molar-refractivity contribution in [1.82, 2.24) is 20.0 Å². The Morgan fingerprint density at radius 3 is 2.62 bits per heavy atom. The molecule has 0 saturated heterocycles. The van der Waals surface area contributed by atoms with Gasteiger partial charge in [0.25, 0.3) is 0 Å². The maximum absolute atomic E-state index is 4.18. The summed E-state index contributed by atoms with van der Waals surface area (Å²) in [6.45, 7) is 11.0. The van der Waals surface area contributed by atoms with Gasteiger partial charge in [0.1, 0.15) is 0 Å². The van der Waals surface area contributed by atoms with Gasteiger partial charge in [-0.15, -0.1) is 0 Å². The van der Waals surface area contributed by atoms with Crippen LogP contribution in [0.15, 0.2) is 12.3 Å². The molecule has 16 heavy (non-hydrogen) atoms. The summed E-state index contributed by atoms with van der Waals surface area (Å²) in [5, 5.41) is 7.70. The monoisotopic (exact) mass is 224 g/mol. The number of likely N-dealkylation sites (N-methyl/N-ethyl adjacent to an activating group) is 1. The van der Waals surface area contributed by atoms with Gasteiger partial charge in [0.15, 0.2) is 0 Å². The van der Waals surface area contributed by atoms with E-state index >= 15 is 0 Å². The van der Waals surface area contributed by atoms with Crippen molar-refractivity contribution in [3.63, 3.8) is 0 Å². The molecule has 0 aliphatic heterocycles. The van der Waals surface area contributed by atoms with Gasteiger partial charge in [0.2, 0.25) is 0 Å². The number of hydrogen-bond acceptors (Lipinski definition) is 3. The van der Waals surface area contributed by atoms with E-state index in [9.17, 15) is 0 Å². The molecule has 1 N–H and O–H groups in total.